The highest BCUT2D eigenvalue weighted by atomic mass is 19.4. The minimum Gasteiger partial charge on any atom is -0.487 e. The third-order valence-electron chi connectivity index (χ3n) is 2.91. The lowest BCUT2D eigenvalue weighted by molar-refractivity contribution is -0.137. The molecule has 0 aliphatic heterocycles. The average molecular weight is 314 g/mol. The van der Waals surface area contributed by atoms with Crippen LogP contribution in [0.5, 0.6) is 5.75 Å². The number of nitrogens with zero attached hydrogens (tertiary/aromatic N) is 4. The van der Waals surface area contributed by atoms with Gasteiger partial charge in [0, 0.05) is 6.54 Å². The van der Waals surface area contributed by atoms with E-state index in [1.54, 1.807) is 10.9 Å². The summed E-state index contributed by atoms with van der Waals surface area (Å²) in [6.45, 7) is 1.57. The maximum atomic E-state index is 12.6. The molecule has 0 N–H and O–H groups in total. The highest BCUT2D eigenvalue weighted by molar-refractivity contribution is 5.30. The van der Waals surface area contributed by atoms with E-state index in [-0.39, 0.29) is 12.4 Å². The molecule has 2 rings (SSSR count). The minimum absolute atomic E-state index is 0.0727. The van der Waals surface area contributed by atoms with Gasteiger partial charge in [0.1, 0.15) is 18.1 Å². The molecule has 0 fully saturated rings. The van der Waals surface area contributed by atoms with Crippen LogP contribution in [0.3, 0.4) is 0 Å². The highest BCUT2D eigenvalue weighted by Crippen LogP contribution is 2.31. The molecule has 0 spiro atoms. The Kier molecular flexibility index (Phi) is 5.02. The van der Waals surface area contributed by atoms with Gasteiger partial charge in [-0.3, -0.25) is 4.68 Å². The zero-order valence-corrected chi connectivity index (χ0v) is 12.3. The second-order valence-electron chi connectivity index (χ2n) is 5.09. The van der Waals surface area contributed by atoms with Gasteiger partial charge in [-0.1, -0.05) is 11.3 Å². The average Bonchev–Trinajstić information content (AvgIpc) is 2.90. The number of hydrogen-bond acceptors (Lipinski definition) is 4. The van der Waals surface area contributed by atoms with Crippen molar-refractivity contribution in [1.29, 1.82) is 0 Å². The topological polar surface area (TPSA) is 43.2 Å². The number of aromatic nitrogens is 3. The Morgan fingerprint density at radius 2 is 2.05 bits per heavy atom. The van der Waals surface area contributed by atoms with Crippen LogP contribution in [-0.4, -0.2) is 40.5 Å². The van der Waals surface area contributed by atoms with Gasteiger partial charge in [0.2, 0.25) is 0 Å². The van der Waals surface area contributed by atoms with Crippen molar-refractivity contribution in [3.8, 4) is 5.75 Å². The first-order valence-electron chi connectivity index (χ1n) is 6.68. The zero-order chi connectivity index (χ0) is 16.2. The Balaban J connectivity index is 1.93. The van der Waals surface area contributed by atoms with Gasteiger partial charge < -0.3 is 9.64 Å². The van der Waals surface area contributed by atoms with Crippen molar-refractivity contribution in [2.24, 2.45) is 0 Å². The van der Waals surface area contributed by atoms with Crippen LogP contribution in [0.2, 0.25) is 0 Å². The van der Waals surface area contributed by atoms with Gasteiger partial charge in [-0.05, 0) is 32.3 Å². The molecule has 0 amide bonds. The van der Waals surface area contributed by atoms with Crippen LogP contribution in [-0.2, 0) is 19.3 Å². The highest BCUT2D eigenvalue weighted by Gasteiger charge is 2.30. The smallest absolute Gasteiger partial charge is 0.416 e. The van der Waals surface area contributed by atoms with Crippen LogP contribution in [0.15, 0.2) is 30.5 Å². The number of benzene rings is 1. The molecule has 0 bridgehead atoms. The van der Waals surface area contributed by atoms with E-state index in [0.717, 1.165) is 18.7 Å². The molecule has 0 aliphatic carbocycles. The number of rotatable bonds is 6. The Labute approximate surface area is 126 Å². The predicted molar refractivity (Wildman–Crippen MR) is 74.4 cm³/mol. The first-order chi connectivity index (χ1) is 10.3. The Morgan fingerprint density at radius 3 is 2.73 bits per heavy atom. The second-order valence-corrected chi connectivity index (χ2v) is 5.09. The number of halogens is 3. The molecule has 0 unspecified atom stereocenters. The number of alkyl halides is 3. The summed E-state index contributed by atoms with van der Waals surface area (Å²) in [5.41, 5.74) is -0.171. The molecule has 0 atom stereocenters. The summed E-state index contributed by atoms with van der Waals surface area (Å²) in [5, 5.41) is 7.86. The monoisotopic (exact) mass is 314 g/mol. The van der Waals surface area contributed by atoms with E-state index in [1.165, 1.54) is 12.1 Å². The SMILES string of the molecule is CN(C)CCn1cc(COc2cccc(C(F)(F)F)c2)nn1. The predicted octanol–water partition coefficient (Wildman–Crippen LogP) is 2.44. The van der Waals surface area contributed by atoms with E-state index in [9.17, 15) is 13.2 Å². The van der Waals surface area contributed by atoms with Gasteiger partial charge in [-0.2, -0.15) is 13.2 Å². The molecule has 0 radical (unpaired) electrons. The molecule has 0 aliphatic rings. The lowest BCUT2D eigenvalue weighted by Crippen LogP contribution is -2.18. The Morgan fingerprint density at radius 1 is 1.27 bits per heavy atom. The van der Waals surface area contributed by atoms with Crippen LogP contribution in [0.4, 0.5) is 13.2 Å². The molecule has 0 saturated heterocycles. The fourth-order valence-corrected chi connectivity index (χ4v) is 1.74. The quantitative estimate of drug-likeness (QED) is 0.821. The fraction of sp³-hybridized carbons (Fsp3) is 0.429. The summed E-state index contributed by atoms with van der Waals surface area (Å²) in [4.78, 5) is 2.01. The first kappa shape index (κ1) is 16.3. The number of likely N-dealkylation sites (N-methyl/N-ethyl adjacent to an activating group) is 1. The molecule has 0 saturated carbocycles. The van der Waals surface area contributed by atoms with Crippen molar-refractivity contribution in [1.82, 2.24) is 19.9 Å². The molecule has 2 aromatic rings. The van der Waals surface area contributed by atoms with Crippen LogP contribution in [0.25, 0.3) is 0 Å². The normalized spacial score (nSPS) is 11.9. The lowest BCUT2D eigenvalue weighted by Gasteiger charge is -2.09. The van der Waals surface area contributed by atoms with Gasteiger partial charge in [0.25, 0.3) is 0 Å². The van der Waals surface area contributed by atoms with Crippen molar-refractivity contribution in [2.45, 2.75) is 19.3 Å². The number of hydrogen-bond donors (Lipinski definition) is 0. The summed E-state index contributed by atoms with van der Waals surface area (Å²) in [5.74, 6) is 0.151. The van der Waals surface area contributed by atoms with E-state index >= 15 is 0 Å². The largest absolute Gasteiger partial charge is 0.487 e. The molecule has 1 aromatic heterocycles. The van der Waals surface area contributed by atoms with Crippen molar-refractivity contribution >= 4 is 0 Å². The lowest BCUT2D eigenvalue weighted by atomic mass is 10.2. The van der Waals surface area contributed by atoms with E-state index in [0.29, 0.717) is 12.2 Å². The third kappa shape index (κ3) is 4.73. The summed E-state index contributed by atoms with van der Waals surface area (Å²) in [6.07, 6.45) is -2.66. The van der Waals surface area contributed by atoms with Crippen molar-refractivity contribution in [3.05, 3.63) is 41.7 Å². The molecular weight excluding hydrogens is 297 g/mol. The van der Waals surface area contributed by atoms with E-state index in [1.807, 2.05) is 19.0 Å². The Hall–Kier alpha value is -2.09. The van der Waals surface area contributed by atoms with E-state index in [2.05, 4.69) is 10.3 Å². The number of ether oxygens (including phenoxy) is 1. The van der Waals surface area contributed by atoms with Crippen LogP contribution >= 0.6 is 0 Å². The molecule has 120 valence electrons. The molecule has 1 aromatic carbocycles. The van der Waals surface area contributed by atoms with Gasteiger partial charge in [-0.25, -0.2) is 0 Å². The van der Waals surface area contributed by atoms with Crippen LogP contribution in [0.1, 0.15) is 11.3 Å². The molecule has 8 heteroatoms. The molecule has 1 heterocycles. The van der Waals surface area contributed by atoms with E-state index < -0.39 is 11.7 Å². The molecule has 22 heavy (non-hydrogen) atoms. The maximum Gasteiger partial charge on any atom is 0.416 e. The van der Waals surface area contributed by atoms with Crippen molar-refractivity contribution in [3.63, 3.8) is 0 Å². The van der Waals surface area contributed by atoms with Gasteiger partial charge in [-0.15, -0.1) is 5.10 Å². The minimum atomic E-state index is -4.38. The van der Waals surface area contributed by atoms with Crippen molar-refractivity contribution in [2.75, 3.05) is 20.6 Å². The molecule has 5 nitrogen and oxygen atoms in total. The van der Waals surface area contributed by atoms with Gasteiger partial charge >= 0.3 is 6.18 Å². The van der Waals surface area contributed by atoms with Gasteiger partial charge in [0.15, 0.2) is 0 Å². The van der Waals surface area contributed by atoms with Crippen molar-refractivity contribution < 1.29 is 17.9 Å². The second kappa shape index (κ2) is 6.78. The Bertz CT molecular complexity index is 610. The van der Waals surface area contributed by atoms with E-state index in [4.69, 9.17) is 4.74 Å². The summed E-state index contributed by atoms with van der Waals surface area (Å²) < 4.78 is 44.8. The molecular formula is C14H17F3N4O. The third-order valence-corrected chi connectivity index (χ3v) is 2.91. The fourth-order valence-electron chi connectivity index (χ4n) is 1.74. The summed E-state index contributed by atoms with van der Waals surface area (Å²) in [7, 11) is 3.91. The van der Waals surface area contributed by atoms with Crippen LogP contribution in [0, 0.1) is 0 Å². The summed E-state index contributed by atoms with van der Waals surface area (Å²) >= 11 is 0. The van der Waals surface area contributed by atoms with Gasteiger partial charge in [0.05, 0.1) is 18.3 Å². The maximum absolute atomic E-state index is 12.6. The van der Waals surface area contributed by atoms with Crippen LogP contribution < -0.4 is 4.74 Å². The standard InChI is InChI=1S/C14H17F3N4O/c1-20(2)6-7-21-9-12(18-19-21)10-22-13-5-3-4-11(8-13)14(15,16)17/h3-5,8-9H,6-7,10H2,1-2H3. The zero-order valence-electron chi connectivity index (χ0n) is 12.3. The summed E-state index contributed by atoms with van der Waals surface area (Å²) in [6, 6.07) is 4.76. The first-order valence-corrected chi connectivity index (χ1v) is 6.68.